The van der Waals surface area contributed by atoms with Crippen molar-refractivity contribution in [2.24, 2.45) is 0 Å². The van der Waals surface area contributed by atoms with Gasteiger partial charge in [-0.2, -0.15) is 5.10 Å². The molecular weight excluding hydrogens is 540 g/mol. The van der Waals surface area contributed by atoms with E-state index in [4.69, 9.17) is 10.5 Å². The number of carbonyl (C=O) groups excluding carboxylic acids is 1. The number of likely N-dealkylation sites (tertiary alicyclic amines) is 1. The minimum Gasteiger partial charge on any atom is -0.480 e. The molecule has 6 rings (SSSR count). The van der Waals surface area contributed by atoms with Crippen LogP contribution in [0.15, 0.2) is 55.0 Å². The number of fused-ring (bicyclic) bond motifs is 1. The van der Waals surface area contributed by atoms with Gasteiger partial charge in [-0.15, -0.1) is 0 Å². The van der Waals surface area contributed by atoms with E-state index in [1.54, 1.807) is 16.8 Å². The Labute approximate surface area is 243 Å². The zero-order valence-corrected chi connectivity index (χ0v) is 23.6. The fraction of sp³-hybridized carbons (Fsp3) is 0.419. The van der Waals surface area contributed by atoms with Crippen LogP contribution in [0.4, 0.5) is 14.6 Å². The molecule has 0 bridgehead atoms. The number of amides is 1. The topological polar surface area (TPSA) is 111 Å². The Morgan fingerprint density at radius 1 is 1.14 bits per heavy atom. The average Bonchev–Trinajstić information content (AvgIpc) is 3.38. The molecule has 1 aromatic carbocycles. The Balaban J connectivity index is 1.27. The Hall–Kier alpha value is -4.12. The summed E-state index contributed by atoms with van der Waals surface area (Å²) in [5, 5.41) is 7.65. The fourth-order valence-electron chi connectivity index (χ4n) is 6.28. The van der Waals surface area contributed by atoms with Crippen molar-refractivity contribution in [2.45, 2.75) is 63.0 Å². The summed E-state index contributed by atoms with van der Waals surface area (Å²) in [6.07, 6.45) is 6.57. The summed E-state index contributed by atoms with van der Waals surface area (Å²) in [6, 6.07) is 14.1. The van der Waals surface area contributed by atoms with Crippen LogP contribution in [0, 0.1) is 0 Å². The molecule has 1 aliphatic carbocycles. The van der Waals surface area contributed by atoms with E-state index in [1.807, 2.05) is 17.0 Å². The van der Waals surface area contributed by atoms with Crippen molar-refractivity contribution in [3.8, 4) is 17.1 Å². The highest BCUT2D eigenvalue weighted by molar-refractivity contribution is 5.97. The first-order chi connectivity index (χ1) is 20.3. The number of nitrogen functional groups attached to an aromatic ring is 1. The molecule has 1 aliphatic heterocycles. The van der Waals surface area contributed by atoms with E-state index >= 15 is 0 Å². The first-order valence-corrected chi connectivity index (χ1v) is 14.4. The number of nitrogens with two attached hydrogens (primary N) is 1. The van der Waals surface area contributed by atoms with Crippen molar-refractivity contribution >= 4 is 17.2 Å². The van der Waals surface area contributed by atoms with E-state index in [9.17, 15) is 13.6 Å². The largest absolute Gasteiger partial charge is 0.480 e. The minimum absolute atomic E-state index is 0.0370. The molecule has 3 aromatic heterocycles. The molecular formula is C31H35F2N7O2. The van der Waals surface area contributed by atoms with Gasteiger partial charge in [-0.3, -0.25) is 9.69 Å². The number of piperidine rings is 1. The lowest BCUT2D eigenvalue weighted by Gasteiger charge is -2.31. The molecule has 2 fully saturated rings. The summed E-state index contributed by atoms with van der Waals surface area (Å²) in [5.41, 5.74) is 10.6. The summed E-state index contributed by atoms with van der Waals surface area (Å²) in [5.74, 6) is -1.95. The fourth-order valence-corrected chi connectivity index (χ4v) is 6.28. The van der Waals surface area contributed by atoms with Gasteiger partial charge in [0, 0.05) is 50.3 Å². The van der Waals surface area contributed by atoms with Gasteiger partial charge < -0.3 is 15.8 Å². The van der Waals surface area contributed by atoms with Crippen LogP contribution in [0.5, 0.6) is 5.88 Å². The highest BCUT2D eigenvalue weighted by Gasteiger charge is 2.34. The Morgan fingerprint density at radius 2 is 1.93 bits per heavy atom. The number of benzene rings is 1. The molecule has 2 unspecified atom stereocenters. The number of aromatic nitrogens is 4. The summed E-state index contributed by atoms with van der Waals surface area (Å²) in [4.78, 5) is 24.2. The second-order valence-electron chi connectivity index (χ2n) is 11.3. The van der Waals surface area contributed by atoms with Crippen LogP contribution in [-0.2, 0) is 6.54 Å². The van der Waals surface area contributed by atoms with E-state index in [0.29, 0.717) is 40.6 Å². The second kappa shape index (κ2) is 11.6. The number of rotatable bonds is 7. The molecule has 2 atom stereocenters. The molecule has 3 N–H and O–H groups in total. The summed E-state index contributed by atoms with van der Waals surface area (Å²) < 4.78 is 34.6. The highest BCUT2D eigenvalue weighted by Crippen LogP contribution is 2.35. The molecule has 11 heteroatoms. The van der Waals surface area contributed by atoms with Gasteiger partial charge in [-0.25, -0.2) is 23.3 Å². The first kappa shape index (κ1) is 28.0. The van der Waals surface area contributed by atoms with Crippen molar-refractivity contribution in [1.82, 2.24) is 29.8 Å². The molecule has 0 radical (unpaired) electrons. The maximum atomic E-state index is 13.7. The Bertz CT molecular complexity index is 1570. The SMILES string of the molecule is COc1ncc(-c2cc(CN3CCC(F)(F)CC3)c3c(N)ncnn23)cc1C(=O)NC1CCCC(c2ccccc2)C1. The van der Waals surface area contributed by atoms with Crippen LogP contribution in [0.25, 0.3) is 16.8 Å². The number of alkyl halides is 2. The molecule has 4 aromatic rings. The number of anilines is 1. The summed E-state index contributed by atoms with van der Waals surface area (Å²) in [6.45, 7) is 1.00. The summed E-state index contributed by atoms with van der Waals surface area (Å²) >= 11 is 0. The van der Waals surface area contributed by atoms with E-state index in [1.165, 1.54) is 19.0 Å². The van der Waals surface area contributed by atoms with Crippen LogP contribution >= 0.6 is 0 Å². The van der Waals surface area contributed by atoms with Crippen molar-refractivity contribution < 1.29 is 18.3 Å². The van der Waals surface area contributed by atoms with Crippen LogP contribution in [-0.4, -0.2) is 62.6 Å². The van der Waals surface area contributed by atoms with Gasteiger partial charge in [0.1, 0.15) is 17.4 Å². The lowest BCUT2D eigenvalue weighted by atomic mass is 9.81. The Morgan fingerprint density at radius 3 is 2.69 bits per heavy atom. The molecule has 1 amide bonds. The van der Waals surface area contributed by atoms with Gasteiger partial charge in [-0.05, 0) is 48.4 Å². The standard InChI is InChI=1S/C31H35F2N7O2/c1-42-30-25(29(41)38-24-9-5-8-21(14-24)20-6-3-2-4-7-20)15-22(17-35-30)26-16-23(27-28(34)36-19-37-40(26)27)18-39-12-10-31(32,33)11-13-39/h2-4,6-7,15-17,19,21,24H,5,8-14,18H2,1H3,(H,38,41)(H2,34,36,37). The van der Waals surface area contributed by atoms with Crippen LogP contribution in [0.1, 0.15) is 65.9 Å². The zero-order chi connectivity index (χ0) is 29.3. The van der Waals surface area contributed by atoms with Gasteiger partial charge in [-0.1, -0.05) is 36.8 Å². The van der Waals surface area contributed by atoms with Crippen LogP contribution in [0.2, 0.25) is 0 Å². The highest BCUT2D eigenvalue weighted by atomic mass is 19.3. The number of methoxy groups -OCH3 is 1. The number of hydrogen-bond acceptors (Lipinski definition) is 7. The smallest absolute Gasteiger partial charge is 0.257 e. The number of ether oxygens (including phenoxy) is 1. The van der Waals surface area contributed by atoms with E-state index < -0.39 is 5.92 Å². The quantitative estimate of drug-likeness (QED) is 0.317. The third kappa shape index (κ3) is 5.78. The molecule has 0 spiro atoms. The van der Waals surface area contributed by atoms with Gasteiger partial charge in [0.15, 0.2) is 5.82 Å². The van der Waals surface area contributed by atoms with E-state index in [-0.39, 0.29) is 43.8 Å². The monoisotopic (exact) mass is 575 g/mol. The van der Waals surface area contributed by atoms with Gasteiger partial charge in [0.25, 0.3) is 11.8 Å². The molecule has 2 aliphatic rings. The van der Waals surface area contributed by atoms with E-state index in [0.717, 1.165) is 31.2 Å². The maximum absolute atomic E-state index is 13.7. The minimum atomic E-state index is -2.63. The van der Waals surface area contributed by atoms with Gasteiger partial charge >= 0.3 is 0 Å². The van der Waals surface area contributed by atoms with Crippen molar-refractivity contribution in [3.05, 3.63) is 71.7 Å². The third-order valence-electron chi connectivity index (χ3n) is 8.51. The predicted molar refractivity (Wildman–Crippen MR) is 156 cm³/mol. The lowest BCUT2D eigenvalue weighted by Crippen LogP contribution is -2.38. The lowest BCUT2D eigenvalue weighted by molar-refractivity contribution is -0.0565. The summed E-state index contributed by atoms with van der Waals surface area (Å²) in [7, 11) is 1.49. The van der Waals surface area contributed by atoms with Crippen molar-refractivity contribution in [2.75, 3.05) is 25.9 Å². The number of nitrogens with one attached hydrogen (secondary N) is 1. The normalized spacial score (nSPS) is 20.8. The van der Waals surface area contributed by atoms with Crippen LogP contribution < -0.4 is 15.8 Å². The average molecular weight is 576 g/mol. The molecule has 4 heterocycles. The first-order valence-electron chi connectivity index (χ1n) is 14.4. The number of halogens is 2. The van der Waals surface area contributed by atoms with Gasteiger partial charge in [0.05, 0.1) is 12.8 Å². The number of carbonyl (C=O) groups is 1. The molecule has 220 valence electrons. The van der Waals surface area contributed by atoms with Crippen LogP contribution in [0.3, 0.4) is 0 Å². The number of pyridine rings is 1. The maximum Gasteiger partial charge on any atom is 0.257 e. The molecule has 1 saturated heterocycles. The Kier molecular flexibility index (Phi) is 7.76. The number of hydrogen-bond donors (Lipinski definition) is 2. The number of nitrogens with zero attached hydrogens (tertiary/aromatic N) is 5. The second-order valence-corrected chi connectivity index (χ2v) is 11.3. The predicted octanol–water partition coefficient (Wildman–Crippen LogP) is 5.07. The molecule has 42 heavy (non-hydrogen) atoms. The zero-order valence-electron chi connectivity index (χ0n) is 23.6. The van der Waals surface area contributed by atoms with Crippen molar-refractivity contribution in [1.29, 1.82) is 0 Å². The van der Waals surface area contributed by atoms with E-state index in [2.05, 4.69) is 44.6 Å². The van der Waals surface area contributed by atoms with Crippen molar-refractivity contribution in [3.63, 3.8) is 0 Å². The molecule has 9 nitrogen and oxygen atoms in total. The van der Waals surface area contributed by atoms with Gasteiger partial charge in [0.2, 0.25) is 5.88 Å². The third-order valence-corrected chi connectivity index (χ3v) is 8.51. The molecule has 1 saturated carbocycles.